The number of carbonyl (C=O) groups is 1. The highest BCUT2D eigenvalue weighted by atomic mass is 35.5. The number of nitrogens with one attached hydrogen (secondary N) is 1. The molecule has 1 saturated heterocycles. The summed E-state index contributed by atoms with van der Waals surface area (Å²) in [5.41, 5.74) is 0.930. The van der Waals surface area contributed by atoms with Crippen molar-refractivity contribution in [3.05, 3.63) is 34.9 Å². The van der Waals surface area contributed by atoms with Crippen LogP contribution in [0.15, 0.2) is 24.3 Å². The summed E-state index contributed by atoms with van der Waals surface area (Å²) in [6.45, 7) is 3.97. The second kappa shape index (κ2) is 8.01. The second-order valence-electron chi connectivity index (χ2n) is 5.06. The number of amides is 1. The van der Waals surface area contributed by atoms with Gasteiger partial charge < -0.3 is 10.2 Å². The van der Waals surface area contributed by atoms with Gasteiger partial charge in [0.2, 0.25) is 5.91 Å². The van der Waals surface area contributed by atoms with Crippen LogP contribution in [0.1, 0.15) is 31.4 Å². The molecule has 1 aliphatic rings. The molecule has 0 aliphatic carbocycles. The molecule has 0 spiro atoms. The van der Waals surface area contributed by atoms with Gasteiger partial charge in [-0.2, -0.15) is 0 Å². The zero-order chi connectivity index (χ0) is 15.2. The van der Waals surface area contributed by atoms with Crippen molar-refractivity contribution in [2.24, 2.45) is 0 Å². The first-order valence-electron chi connectivity index (χ1n) is 7.03. The molecule has 2 rings (SSSR count). The lowest BCUT2D eigenvalue weighted by Gasteiger charge is -2.18. The first-order chi connectivity index (χ1) is 10.1. The Labute approximate surface area is 140 Å². The predicted octanol–water partition coefficient (Wildman–Crippen LogP) is 3.63. The van der Waals surface area contributed by atoms with Crippen LogP contribution in [-0.4, -0.2) is 34.0 Å². The maximum atomic E-state index is 12.0. The Bertz CT molecular complexity index is 518. The maximum Gasteiger partial charge on any atom is 0.230 e. The molecule has 21 heavy (non-hydrogen) atoms. The van der Waals surface area contributed by atoms with E-state index in [4.69, 9.17) is 23.8 Å². The third-order valence-corrected chi connectivity index (χ3v) is 5.31. The monoisotopic (exact) mass is 342 g/mol. The Kier molecular flexibility index (Phi) is 6.33. The molecule has 0 saturated carbocycles. The van der Waals surface area contributed by atoms with Crippen LogP contribution in [0.5, 0.6) is 0 Å². The molecule has 0 bridgehead atoms. The van der Waals surface area contributed by atoms with E-state index in [0.717, 1.165) is 23.0 Å². The molecule has 1 aliphatic heterocycles. The lowest BCUT2D eigenvalue weighted by atomic mass is 10.1. The van der Waals surface area contributed by atoms with Crippen LogP contribution in [0.2, 0.25) is 5.02 Å². The summed E-state index contributed by atoms with van der Waals surface area (Å²) in [4.78, 5) is 14.2. The molecule has 1 atom stereocenters. The fraction of sp³-hybridized carbons (Fsp3) is 0.467. The van der Waals surface area contributed by atoms with E-state index >= 15 is 0 Å². The number of carbonyl (C=O) groups excluding carboxylic acids is 1. The number of hydrogen-bond donors (Lipinski definition) is 1. The molecular formula is C15H19ClN2OS2. The van der Waals surface area contributed by atoms with Gasteiger partial charge in [0, 0.05) is 18.1 Å². The van der Waals surface area contributed by atoms with E-state index < -0.39 is 0 Å². The number of nitrogens with zero attached hydrogens (tertiary/aromatic N) is 1. The van der Waals surface area contributed by atoms with Crippen LogP contribution < -0.4 is 5.32 Å². The number of hydrogen-bond acceptors (Lipinski definition) is 3. The van der Waals surface area contributed by atoms with E-state index in [1.807, 2.05) is 31.2 Å². The predicted molar refractivity (Wildman–Crippen MR) is 93.9 cm³/mol. The van der Waals surface area contributed by atoms with E-state index in [1.165, 1.54) is 24.6 Å². The molecule has 1 aromatic rings. The third-order valence-electron chi connectivity index (χ3n) is 3.44. The fourth-order valence-electron chi connectivity index (χ4n) is 2.31. The largest absolute Gasteiger partial charge is 0.358 e. The Balaban J connectivity index is 1.79. The molecule has 1 fully saturated rings. The van der Waals surface area contributed by atoms with Gasteiger partial charge in [-0.05, 0) is 31.4 Å². The van der Waals surface area contributed by atoms with Crippen LogP contribution in [0, 0.1) is 0 Å². The molecule has 0 radical (unpaired) electrons. The van der Waals surface area contributed by atoms with Gasteiger partial charge in [0.1, 0.15) is 4.32 Å². The quantitative estimate of drug-likeness (QED) is 0.847. The Hall–Kier alpha value is -0.780. The number of likely N-dealkylation sites (tertiary alicyclic amines) is 1. The van der Waals surface area contributed by atoms with E-state index in [2.05, 4.69) is 10.2 Å². The second-order valence-corrected chi connectivity index (χ2v) is 7.08. The number of rotatable bonds is 4. The Morgan fingerprint density at radius 1 is 1.43 bits per heavy atom. The smallest absolute Gasteiger partial charge is 0.230 e. The van der Waals surface area contributed by atoms with Crippen molar-refractivity contribution in [1.82, 2.24) is 10.2 Å². The van der Waals surface area contributed by atoms with E-state index in [-0.39, 0.29) is 11.9 Å². The highest BCUT2D eigenvalue weighted by Gasteiger charge is 2.17. The molecule has 1 aromatic carbocycles. The van der Waals surface area contributed by atoms with Gasteiger partial charge in [-0.3, -0.25) is 4.79 Å². The summed E-state index contributed by atoms with van der Waals surface area (Å²) < 4.78 is 0.827. The number of thiocarbonyl (C=S) groups is 1. The first-order valence-corrected chi connectivity index (χ1v) is 8.80. The molecule has 1 heterocycles. The lowest BCUT2D eigenvalue weighted by molar-refractivity contribution is -0.119. The number of thioether (sulfide) groups is 1. The zero-order valence-corrected chi connectivity index (χ0v) is 14.4. The first kappa shape index (κ1) is 16.6. The number of benzene rings is 1. The van der Waals surface area contributed by atoms with Gasteiger partial charge >= 0.3 is 0 Å². The summed E-state index contributed by atoms with van der Waals surface area (Å²) in [6.07, 6.45) is 2.38. The van der Waals surface area contributed by atoms with Crippen molar-refractivity contribution in [3.8, 4) is 0 Å². The van der Waals surface area contributed by atoms with Crippen molar-refractivity contribution >= 4 is 45.8 Å². The van der Waals surface area contributed by atoms with Crippen molar-refractivity contribution in [2.45, 2.75) is 25.8 Å². The topological polar surface area (TPSA) is 32.3 Å². The molecule has 0 aromatic heterocycles. The van der Waals surface area contributed by atoms with Crippen molar-refractivity contribution in [2.75, 3.05) is 18.8 Å². The minimum atomic E-state index is -0.104. The fourth-order valence-corrected chi connectivity index (χ4v) is 3.67. The summed E-state index contributed by atoms with van der Waals surface area (Å²) >= 11 is 12.9. The minimum absolute atomic E-state index is 0.0195. The summed E-state index contributed by atoms with van der Waals surface area (Å²) in [7, 11) is 0. The summed E-state index contributed by atoms with van der Waals surface area (Å²) in [6, 6.07) is 7.45. The van der Waals surface area contributed by atoms with Crippen LogP contribution in [0.3, 0.4) is 0 Å². The van der Waals surface area contributed by atoms with Crippen LogP contribution in [0.4, 0.5) is 0 Å². The zero-order valence-electron chi connectivity index (χ0n) is 12.0. The van der Waals surface area contributed by atoms with Crippen molar-refractivity contribution in [1.29, 1.82) is 0 Å². The lowest BCUT2D eigenvalue weighted by Crippen LogP contribution is -2.30. The van der Waals surface area contributed by atoms with Gasteiger partial charge in [-0.15, -0.1) is 0 Å². The standard InChI is InChI=1S/C15H19ClN2OS2/c1-11(12-6-2-3-7-13(12)16)17-14(19)10-21-15(20)18-8-4-5-9-18/h2-3,6-7,11H,4-5,8-10H2,1H3,(H,17,19). The van der Waals surface area contributed by atoms with Crippen LogP contribution >= 0.6 is 35.6 Å². The Morgan fingerprint density at radius 3 is 2.76 bits per heavy atom. The minimum Gasteiger partial charge on any atom is -0.358 e. The van der Waals surface area contributed by atoms with Crippen molar-refractivity contribution < 1.29 is 4.79 Å². The molecule has 1 N–H and O–H groups in total. The maximum absolute atomic E-state index is 12.0. The Morgan fingerprint density at radius 2 is 2.10 bits per heavy atom. The average molecular weight is 343 g/mol. The molecule has 1 amide bonds. The molecule has 1 unspecified atom stereocenters. The normalized spacial score (nSPS) is 15.8. The highest BCUT2D eigenvalue weighted by Crippen LogP contribution is 2.22. The van der Waals surface area contributed by atoms with E-state index in [9.17, 15) is 4.79 Å². The van der Waals surface area contributed by atoms with Gasteiger partial charge in [0.15, 0.2) is 0 Å². The third kappa shape index (κ3) is 4.87. The average Bonchev–Trinajstić information content (AvgIpc) is 2.99. The molecular weight excluding hydrogens is 324 g/mol. The van der Waals surface area contributed by atoms with Crippen LogP contribution in [-0.2, 0) is 4.79 Å². The van der Waals surface area contributed by atoms with E-state index in [0.29, 0.717) is 10.8 Å². The molecule has 6 heteroatoms. The molecule has 3 nitrogen and oxygen atoms in total. The van der Waals surface area contributed by atoms with Gasteiger partial charge in [-0.25, -0.2) is 0 Å². The van der Waals surface area contributed by atoms with Crippen molar-refractivity contribution in [3.63, 3.8) is 0 Å². The van der Waals surface area contributed by atoms with Crippen LogP contribution in [0.25, 0.3) is 0 Å². The summed E-state index contributed by atoms with van der Waals surface area (Å²) in [5, 5.41) is 3.63. The van der Waals surface area contributed by atoms with Gasteiger partial charge in [-0.1, -0.05) is 53.8 Å². The van der Waals surface area contributed by atoms with Gasteiger partial charge in [0.05, 0.1) is 11.8 Å². The highest BCUT2D eigenvalue weighted by molar-refractivity contribution is 8.23. The SMILES string of the molecule is CC(NC(=O)CSC(=S)N1CCCC1)c1ccccc1Cl. The van der Waals surface area contributed by atoms with E-state index in [1.54, 1.807) is 0 Å². The summed E-state index contributed by atoms with van der Waals surface area (Å²) in [5.74, 6) is 0.332. The van der Waals surface area contributed by atoms with Gasteiger partial charge in [0.25, 0.3) is 0 Å². The molecule has 114 valence electrons. The number of halogens is 1.